The Morgan fingerprint density at radius 1 is 0.923 bits per heavy atom. The number of ether oxygens (including phenoxy) is 2. The summed E-state index contributed by atoms with van der Waals surface area (Å²) >= 11 is 0. The van der Waals surface area contributed by atoms with E-state index in [1.54, 1.807) is 17.0 Å². The molecule has 3 amide bonds. The maximum atomic E-state index is 13.0. The maximum Gasteiger partial charge on any atom is 0.255 e. The van der Waals surface area contributed by atoms with Crippen LogP contribution in [-0.4, -0.2) is 52.3 Å². The van der Waals surface area contributed by atoms with Crippen LogP contribution in [0.2, 0.25) is 0 Å². The molecule has 0 bridgehead atoms. The van der Waals surface area contributed by atoms with Crippen LogP contribution >= 0.6 is 0 Å². The van der Waals surface area contributed by atoms with Crippen molar-refractivity contribution >= 4 is 17.7 Å². The van der Waals surface area contributed by atoms with Crippen molar-refractivity contribution in [2.75, 3.05) is 13.1 Å². The van der Waals surface area contributed by atoms with Gasteiger partial charge in [0.1, 0.15) is 29.7 Å². The van der Waals surface area contributed by atoms with Crippen LogP contribution in [0.4, 0.5) is 0 Å². The quantitative estimate of drug-likeness (QED) is 0.452. The lowest BCUT2D eigenvalue weighted by atomic mass is 9.95. The molecule has 3 aliphatic rings. The number of hydrogen-bond donors (Lipinski definition) is 1. The highest BCUT2D eigenvalue weighted by Gasteiger charge is 2.41. The van der Waals surface area contributed by atoms with E-state index >= 15 is 0 Å². The summed E-state index contributed by atoms with van der Waals surface area (Å²) in [6, 6.07) is 23.1. The van der Waals surface area contributed by atoms with Crippen molar-refractivity contribution in [1.29, 1.82) is 0 Å². The Morgan fingerprint density at radius 2 is 1.67 bits per heavy atom. The summed E-state index contributed by atoms with van der Waals surface area (Å²) in [5, 5.41) is 2.34. The van der Waals surface area contributed by atoms with Crippen LogP contribution in [0.3, 0.4) is 0 Å². The van der Waals surface area contributed by atoms with Crippen LogP contribution in [0.15, 0.2) is 72.8 Å². The Morgan fingerprint density at radius 3 is 2.41 bits per heavy atom. The Kier molecular flexibility index (Phi) is 6.56. The summed E-state index contributed by atoms with van der Waals surface area (Å²) in [6.45, 7) is 5.42. The van der Waals surface area contributed by atoms with Gasteiger partial charge in [0.2, 0.25) is 11.8 Å². The number of fused-ring (bicyclic) bond motifs is 1. The van der Waals surface area contributed by atoms with E-state index in [2.05, 4.69) is 41.4 Å². The van der Waals surface area contributed by atoms with Crippen molar-refractivity contribution < 1.29 is 23.9 Å². The van der Waals surface area contributed by atoms with Crippen LogP contribution in [-0.2, 0) is 29.3 Å². The van der Waals surface area contributed by atoms with E-state index in [4.69, 9.17) is 9.47 Å². The normalized spacial score (nSPS) is 20.3. The smallest absolute Gasteiger partial charge is 0.255 e. The van der Waals surface area contributed by atoms with E-state index < -0.39 is 11.9 Å². The van der Waals surface area contributed by atoms with Gasteiger partial charge in [-0.3, -0.25) is 24.6 Å². The van der Waals surface area contributed by atoms with Crippen molar-refractivity contribution in [2.45, 2.75) is 51.1 Å². The van der Waals surface area contributed by atoms with Crippen LogP contribution in [0.25, 0.3) is 0 Å². The van der Waals surface area contributed by atoms with E-state index in [-0.39, 0.29) is 30.4 Å². The summed E-state index contributed by atoms with van der Waals surface area (Å²) < 4.78 is 12.3. The third-order valence-corrected chi connectivity index (χ3v) is 7.59. The molecule has 3 aromatic carbocycles. The van der Waals surface area contributed by atoms with Crippen molar-refractivity contribution in [2.24, 2.45) is 0 Å². The molecule has 8 nitrogen and oxygen atoms in total. The van der Waals surface area contributed by atoms with E-state index in [0.29, 0.717) is 24.3 Å². The lowest BCUT2D eigenvalue weighted by Gasteiger charge is -2.47. The molecule has 8 heteroatoms. The highest BCUT2D eigenvalue weighted by atomic mass is 16.5. The predicted octanol–water partition coefficient (Wildman–Crippen LogP) is 3.68. The summed E-state index contributed by atoms with van der Waals surface area (Å²) in [7, 11) is 0. The number of rotatable bonds is 8. The second-order valence-corrected chi connectivity index (χ2v) is 10.8. The molecule has 0 saturated carbocycles. The number of likely N-dealkylation sites (tertiary alicyclic amines) is 1. The number of imide groups is 1. The third-order valence-electron chi connectivity index (χ3n) is 7.59. The van der Waals surface area contributed by atoms with Crippen molar-refractivity contribution in [1.82, 2.24) is 15.1 Å². The van der Waals surface area contributed by atoms with Crippen molar-refractivity contribution in [3.05, 3.63) is 95.1 Å². The standard InChI is InChI=1S/C31H31N3O5/c1-31(39-23-6-3-2-4-7-23)19-33(20-31)16-21-10-12-22(13-11-21)18-38-27-9-5-8-24-25(27)17-34(30(24)37)26-14-15-28(35)32-29(26)36/h2-13,26H,14-20H2,1H3,(H,32,35,36). The molecule has 0 aliphatic carbocycles. The van der Waals surface area contributed by atoms with Gasteiger partial charge in [-0.25, -0.2) is 0 Å². The number of para-hydroxylation sites is 1. The molecule has 1 N–H and O–H groups in total. The Hall–Kier alpha value is -4.17. The van der Waals surface area contributed by atoms with Crippen LogP contribution < -0.4 is 14.8 Å². The first kappa shape index (κ1) is 25.1. The molecular formula is C31H31N3O5. The molecule has 0 spiro atoms. The molecule has 0 radical (unpaired) electrons. The fourth-order valence-electron chi connectivity index (χ4n) is 5.70. The van der Waals surface area contributed by atoms with Gasteiger partial charge in [-0.1, -0.05) is 48.5 Å². The average Bonchev–Trinajstić information content (AvgIpc) is 3.24. The summed E-state index contributed by atoms with van der Waals surface area (Å²) in [5.41, 5.74) is 3.42. The number of hydrogen-bond acceptors (Lipinski definition) is 6. The van der Waals surface area contributed by atoms with Crippen molar-refractivity contribution in [3.8, 4) is 11.5 Å². The van der Waals surface area contributed by atoms with Gasteiger partial charge in [0, 0.05) is 37.2 Å². The molecule has 0 aromatic heterocycles. The van der Waals surface area contributed by atoms with Gasteiger partial charge in [-0.15, -0.1) is 0 Å². The minimum absolute atomic E-state index is 0.166. The number of nitrogens with one attached hydrogen (secondary N) is 1. The zero-order valence-electron chi connectivity index (χ0n) is 21.9. The first-order valence-corrected chi connectivity index (χ1v) is 13.3. The molecule has 3 heterocycles. The largest absolute Gasteiger partial charge is 0.489 e. The van der Waals surface area contributed by atoms with Gasteiger partial charge in [-0.05, 0) is 48.7 Å². The van der Waals surface area contributed by atoms with Gasteiger partial charge >= 0.3 is 0 Å². The zero-order valence-corrected chi connectivity index (χ0v) is 21.9. The summed E-state index contributed by atoms with van der Waals surface area (Å²) in [4.78, 5) is 40.8. The van der Waals surface area contributed by atoms with E-state index in [1.807, 2.05) is 36.4 Å². The molecule has 1 atom stereocenters. The highest BCUT2D eigenvalue weighted by Crippen LogP contribution is 2.34. The summed E-state index contributed by atoms with van der Waals surface area (Å²) in [6.07, 6.45) is 0.568. The highest BCUT2D eigenvalue weighted by molar-refractivity contribution is 6.05. The predicted molar refractivity (Wildman–Crippen MR) is 144 cm³/mol. The molecule has 3 aromatic rings. The van der Waals surface area contributed by atoms with Gasteiger partial charge in [0.15, 0.2) is 0 Å². The number of carbonyl (C=O) groups is 3. The second kappa shape index (κ2) is 10.2. The van der Waals surface area contributed by atoms with E-state index in [0.717, 1.165) is 36.5 Å². The number of nitrogens with zero attached hydrogens (tertiary/aromatic N) is 2. The van der Waals surface area contributed by atoms with Crippen molar-refractivity contribution in [3.63, 3.8) is 0 Å². The number of amides is 3. The molecule has 1 unspecified atom stereocenters. The molecule has 2 fully saturated rings. The third kappa shape index (κ3) is 5.25. The lowest BCUT2D eigenvalue weighted by Crippen LogP contribution is -2.62. The van der Waals surface area contributed by atoms with Crippen LogP contribution in [0, 0.1) is 0 Å². The molecule has 200 valence electrons. The van der Waals surface area contributed by atoms with Crippen LogP contribution in [0.5, 0.6) is 11.5 Å². The van der Waals surface area contributed by atoms with Gasteiger partial charge in [0.25, 0.3) is 5.91 Å². The summed E-state index contributed by atoms with van der Waals surface area (Å²) in [5.74, 6) is 0.627. The second-order valence-electron chi connectivity index (χ2n) is 10.8. The topological polar surface area (TPSA) is 88.2 Å². The number of piperidine rings is 1. The number of carbonyl (C=O) groups excluding carboxylic acids is 3. The molecule has 2 saturated heterocycles. The molecule has 3 aliphatic heterocycles. The van der Waals surface area contributed by atoms with Crippen LogP contribution in [0.1, 0.15) is 46.8 Å². The fraction of sp³-hybridized carbons (Fsp3) is 0.323. The van der Waals surface area contributed by atoms with Gasteiger partial charge in [-0.2, -0.15) is 0 Å². The molecule has 39 heavy (non-hydrogen) atoms. The maximum absolute atomic E-state index is 13.0. The first-order valence-electron chi connectivity index (χ1n) is 13.3. The van der Waals surface area contributed by atoms with Gasteiger partial charge in [0.05, 0.1) is 6.54 Å². The Bertz CT molecular complexity index is 1400. The van der Waals surface area contributed by atoms with E-state index in [9.17, 15) is 14.4 Å². The minimum Gasteiger partial charge on any atom is -0.489 e. The Balaban J connectivity index is 1.03. The number of benzene rings is 3. The monoisotopic (exact) mass is 525 g/mol. The zero-order chi connectivity index (χ0) is 27.0. The molecule has 6 rings (SSSR count). The SMILES string of the molecule is CC1(Oc2ccccc2)CN(Cc2ccc(COc3cccc4c3CN(C3CCC(=O)NC3=O)C4=O)cc2)C1. The first-order chi connectivity index (χ1) is 18.9. The fourth-order valence-corrected chi connectivity index (χ4v) is 5.70. The van der Waals surface area contributed by atoms with E-state index in [1.165, 1.54) is 5.56 Å². The minimum atomic E-state index is -0.642. The Labute approximate surface area is 227 Å². The van der Waals surface area contributed by atoms with Gasteiger partial charge < -0.3 is 14.4 Å². The average molecular weight is 526 g/mol. The molecular weight excluding hydrogens is 494 g/mol. The lowest BCUT2D eigenvalue weighted by molar-refractivity contribution is -0.136.